The van der Waals surface area contributed by atoms with Crippen LogP contribution in [0, 0.1) is 0 Å². The van der Waals surface area contributed by atoms with Crippen LogP contribution in [0.1, 0.15) is 28.8 Å². The second-order valence-corrected chi connectivity index (χ2v) is 7.76. The molecule has 1 atom stereocenters. The maximum Gasteiger partial charge on any atom is 0.253 e. The number of rotatable bonds is 5. The van der Waals surface area contributed by atoms with Crippen molar-refractivity contribution in [1.82, 2.24) is 14.8 Å². The van der Waals surface area contributed by atoms with Gasteiger partial charge in [0.1, 0.15) is 0 Å². The van der Waals surface area contributed by atoms with E-state index in [0.717, 1.165) is 49.2 Å². The summed E-state index contributed by atoms with van der Waals surface area (Å²) in [5, 5.41) is 4.70. The van der Waals surface area contributed by atoms with Crippen LogP contribution >= 0.6 is 0 Å². The number of likely N-dealkylation sites (N-methyl/N-ethyl adjacent to an activating group) is 2. The van der Waals surface area contributed by atoms with Crippen molar-refractivity contribution in [1.29, 1.82) is 0 Å². The number of H-pyrrole nitrogens is 1. The summed E-state index contributed by atoms with van der Waals surface area (Å²) in [6.07, 6.45) is 4.20. The smallest absolute Gasteiger partial charge is 0.253 e. The second kappa shape index (κ2) is 8.07. The Morgan fingerprint density at radius 1 is 1.21 bits per heavy atom. The molecule has 1 aliphatic rings. The molecule has 1 aromatic heterocycles. The minimum absolute atomic E-state index is 0.101. The van der Waals surface area contributed by atoms with Crippen LogP contribution in [-0.4, -0.2) is 53.9 Å². The van der Waals surface area contributed by atoms with E-state index in [1.165, 1.54) is 10.9 Å². The van der Waals surface area contributed by atoms with E-state index in [4.69, 9.17) is 0 Å². The van der Waals surface area contributed by atoms with Crippen LogP contribution in [-0.2, 0) is 6.54 Å². The normalized spacial score (nSPS) is 17.6. The topological polar surface area (TPSA) is 51.4 Å². The fourth-order valence-electron chi connectivity index (χ4n) is 4.06. The number of benzene rings is 2. The number of aromatic amines is 1. The number of nitrogens with zero attached hydrogens (tertiary/aromatic N) is 2. The lowest BCUT2D eigenvalue weighted by molar-refractivity contribution is 0.0644. The van der Waals surface area contributed by atoms with Crippen molar-refractivity contribution in [2.75, 3.05) is 32.5 Å². The van der Waals surface area contributed by atoms with Crippen molar-refractivity contribution in [2.24, 2.45) is 0 Å². The lowest BCUT2D eigenvalue weighted by atomic mass is 10.0. The predicted octanol–water partition coefficient (Wildman–Crippen LogP) is 3.95. The molecule has 1 unspecified atom stereocenters. The fourth-order valence-corrected chi connectivity index (χ4v) is 4.06. The number of aromatic nitrogens is 1. The Bertz CT molecular complexity index is 947. The molecular weight excluding hydrogens is 348 g/mol. The maximum absolute atomic E-state index is 12.8. The molecule has 2 N–H and O–H groups in total. The molecule has 3 aromatic rings. The number of fused-ring (bicyclic) bond motifs is 1. The van der Waals surface area contributed by atoms with Crippen molar-refractivity contribution in [2.45, 2.75) is 25.4 Å². The average molecular weight is 377 g/mol. The molecule has 0 aliphatic carbocycles. The van der Waals surface area contributed by atoms with E-state index in [9.17, 15) is 4.79 Å². The third-order valence-electron chi connectivity index (χ3n) is 5.77. The Balaban J connectivity index is 1.39. The molecule has 5 nitrogen and oxygen atoms in total. The molecule has 5 heteroatoms. The number of carbonyl (C=O) groups is 1. The van der Waals surface area contributed by atoms with Crippen molar-refractivity contribution >= 4 is 22.5 Å². The van der Waals surface area contributed by atoms with Gasteiger partial charge in [-0.05, 0) is 68.4 Å². The number of likely N-dealkylation sites (tertiary alicyclic amines) is 1. The summed E-state index contributed by atoms with van der Waals surface area (Å²) >= 11 is 0. The van der Waals surface area contributed by atoms with Crippen LogP contribution in [0.5, 0.6) is 0 Å². The van der Waals surface area contributed by atoms with Gasteiger partial charge >= 0.3 is 0 Å². The van der Waals surface area contributed by atoms with Gasteiger partial charge in [0, 0.05) is 54.5 Å². The van der Waals surface area contributed by atoms with Crippen LogP contribution in [0.15, 0.2) is 54.7 Å². The van der Waals surface area contributed by atoms with Gasteiger partial charge in [-0.2, -0.15) is 0 Å². The Morgan fingerprint density at radius 3 is 2.82 bits per heavy atom. The average Bonchev–Trinajstić information content (AvgIpc) is 3.21. The Morgan fingerprint density at radius 2 is 2.04 bits per heavy atom. The molecule has 4 rings (SSSR count). The Kier molecular flexibility index (Phi) is 5.35. The predicted molar refractivity (Wildman–Crippen MR) is 115 cm³/mol. The number of piperidine rings is 1. The second-order valence-electron chi connectivity index (χ2n) is 7.76. The molecule has 1 aliphatic heterocycles. The first-order chi connectivity index (χ1) is 13.6. The quantitative estimate of drug-likeness (QED) is 0.709. The number of hydrogen-bond donors (Lipinski definition) is 2. The molecule has 28 heavy (non-hydrogen) atoms. The van der Waals surface area contributed by atoms with Crippen molar-refractivity contribution in [3.63, 3.8) is 0 Å². The highest BCUT2D eigenvalue weighted by molar-refractivity contribution is 5.94. The van der Waals surface area contributed by atoms with Crippen LogP contribution in [0.3, 0.4) is 0 Å². The van der Waals surface area contributed by atoms with Gasteiger partial charge in [0.15, 0.2) is 0 Å². The van der Waals surface area contributed by atoms with Crippen LogP contribution in [0.25, 0.3) is 10.9 Å². The minimum Gasteiger partial charge on any atom is -0.381 e. The summed E-state index contributed by atoms with van der Waals surface area (Å²) in [4.78, 5) is 20.3. The van der Waals surface area contributed by atoms with E-state index in [1.54, 1.807) is 0 Å². The number of nitrogens with one attached hydrogen (secondary N) is 2. The lowest BCUT2D eigenvalue weighted by Crippen LogP contribution is -2.47. The van der Waals surface area contributed by atoms with Crippen LogP contribution < -0.4 is 5.32 Å². The first-order valence-electron chi connectivity index (χ1n) is 9.96. The van der Waals surface area contributed by atoms with Gasteiger partial charge in [0.25, 0.3) is 5.91 Å². The zero-order chi connectivity index (χ0) is 19.5. The van der Waals surface area contributed by atoms with E-state index in [-0.39, 0.29) is 5.91 Å². The summed E-state index contributed by atoms with van der Waals surface area (Å²) in [7, 11) is 4.05. The minimum atomic E-state index is 0.101. The molecule has 1 fully saturated rings. The van der Waals surface area contributed by atoms with Crippen molar-refractivity contribution < 1.29 is 4.79 Å². The zero-order valence-corrected chi connectivity index (χ0v) is 16.6. The number of carbonyl (C=O) groups excluding carboxylic acids is 1. The fraction of sp³-hybridized carbons (Fsp3) is 0.348. The molecule has 2 heterocycles. The van der Waals surface area contributed by atoms with Crippen LogP contribution in [0.4, 0.5) is 5.69 Å². The van der Waals surface area contributed by atoms with Gasteiger partial charge in [-0.1, -0.05) is 12.1 Å². The summed E-state index contributed by atoms with van der Waals surface area (Å²) in [5.41, 5.74) is 4.16. The van der Waals surface area contributed by atoms with E-state index >= 15 is 0 Å². The highest BCUT2D eigenvalue weighted by atomic mass is 16.2. The molecular formula is C23H28N4O. The number of anilines is 1. The van der Waals surface area contributed by atoms with Gasteiger partial charge in [-0.15, -0.1) is 0 Å². The highest BCUT2D eigenvalue weighted by Gasteiger charge is 2.25. The Labute approximate surface area is 166 Å². The summed E-state index contributed by atoms with van der Waals surface area (Å²) in [6.45, 7) is 2.82. The lowest BCUT2D eigenvalue weighted by Gasteiger charge is -2.35. The first-order valence-corrected chi connectivity index (χ1v) is 9.96. The van der Waals surface area contributed by atoms with Gasteiger partial charge in [0.2, 0.25) is 0 Å². The molecule has 0 spiro atoms. The van der Waals surface area contributed by atoms with E-state index in [1.807, 2.05) is 42.4 Å². The Hall–Kier alpha value is -2.79. The van der Waals surface area contributed by atoms with Gasteiger partial charge in [-0.3, -0.25) is 4.79 Å². The molecule has 0 bridgehead atoms. The molecule has 2 aromatic carbocycles. The first kappa shape index (κ1) is 18.6. The summed E-state index contributed by atoms with van der Waals surface area (Å²) < 4.78 is 0. The summed E-state index contributed by atoms with van der Waals surface area (Å²) in [5.74, 6) is 0.101. The van der Waals surface area contributed by atoms with E-state index in [0.29, 0.717) is 6.04 Å². The largest absolute Gasteiger partial charge is 0.381 e. The number of amides is 1. The molecule has 0 saturated carbocycles. The third kappa shape index (κ3) is 3.90. The monoisotopic (exact) mass is 376 g/mol. The van der Waals surface area contributed by atoms with Crippen molar-refractivity contribution in [3.05, 3.63) is 65.9 Å². The summed E-state index contributed by atoms with van der Waals surface area (Å²) in [6, 6.07) is 16.5. The van der Waals surface area contributed by atoms with Gasteiger partial charge in [-0.25, -0.2) is 0 Å². The van der Waals surface area contributed by atoms with Gasteiger partial charge in [0.05, 0.1) is 0 Å². The SMILES string of the molecule is CN1CCCC(N(C)C(=O)c2ccc(NCc3cccc4[nH]ccc34)cc2)C1. The molecule has 0 radical (unpaired) electrons. The maximum atomic E-state index is 12.8. The molecule has 146 valence electrons. The number of hydrogen-bond acceptors (Lipinski definition) is 3. The highest BCUT2D eigenvalue weighted by Crippen LogP contribution is 2.20. The molecule has 1 saturated heterocycles. The third-order valence-corrected chi connectivity index (χ3v) is 5.77. The van der Waals surface area contributed by atoms with Gasteiger partial charge < -0.3 is 20.1 Å². The van der Waals surface area contributed by atoms with Crippen molar-refractivity contribution in [3.8, 4) is 0 Å². The van der Waals surface area contributed by atoms with Crippen LogP contribution in [0.2, 0.25) is 0 Å². The standard InChI is InChI=1S/C23H28N4O/c1-26-14-4-6-20(16-26)27(2)23(28)17-8-10-19(11-9-17)25-15-18-5-3-7-22-21(18)12-13-24-22/h3,5,7-13,20,24-25H,4,6,14-16H2,1-2H3. The zero-order valence-electron chi connectivity index (χ0n) is 16.6. The van der Waals surface area contributed by atoms with E-state index in [2.05, 4.69) is 46.5 Å². The van der Waals surface area contributed by atoms with E-state index < -0.39 is 0 Å². The molecule has 1 amide bonds.